The van der Waals surface area contributed by atoms with Crippen LogP contribution in [0.5, 0.6) is 0 Å². The molecular weight excluding hydrogens is 138 g/mol. The first-order valence-electron chi connectivity index (χ1n) is 4.62. The summed E-state index contributed by atoms with van der Waals surface area (Å²) in [7, 11) is 0. The van der Waals surface area contributed by atoms with E-state index in [1.807, 2.05) is 0 Å². The third kappa shape index (κ3) is 6.32. The van der Waals surface area contributed by atoms with Crippen LogP contribution in [0.1, 0.15) is 46.0 Å². The van der Waals surface area contributed by atoms with Crippen molar-refractivity contribution in [1.82, 2.24) is 0 Å². The molecule has 0 saturated carbocycles. The molecule has 2 heteroatoms. The van der Waals surface area contributed by atoms with E-state index in [9.17, 15) is 0 Å². The molecule has 0 unspecified atom stereocenters. The van der Waals surface area contributed by atoms with Gasteiger partial charge in [-0.1, -0.05) is 32.6 Å². The number of aliphatic hydroxyl groups is 1. The van der Waals surface area contributed by atoms with Gasteiger partial charge in [0.05, 0.1) is 6.10 Å². The lowest BCUT2D eigenvalue weighted by molar-refractivity contribution is 0.157. The number of hydrogen-bond donors (Lipinski definition) is 2. The third-order valence-corrected chi connectivity index (χ3v) is 2.01. The molecule has 0 aromatic carbocycles. The van der Waals surface area contributed by atoms with Crippen LogP contribution in [0.3, 0.4) is 0 Å². The Bertz CT molecular complexity index is 83.6. The van der Waals surface area contributed by atoms with Crippen LogP contribution in [-0.4, -0.2) is 17.3 Å². The highest BCUT2D eigenvalue weighted by molar-refractivity contribution is 4.66. The highest BCUT2D eigenvalue weighted by Gasteiger charge is 2.07. The van der Waals surface area contributed by atoms with Crippen LogP contribution in [-0.2, 0) is 0 Å². The van der Waals surface area contributed by atoms with Gasteiger partial charge in [0.2, 0.25) is 0 Å². The molecule has 2 nitrogen and oxygen atoms in total. The van der Waals surface area contributed by atoms with Gasteiger partial charge in [0, 0.05) is 6.04 Å². The quantitative estimate of drug-likeness (QED) is 0.579. The molecule has 0 heterocycles. The van der Waals surface area contributed by atoms with Gasteiger partial charge >= 0.3 is 0 Å². The summed E-state index contributed by atoms with van der Waals surface area (Å²) < 4.78 is 0. The Balaban J connectivity index is 3.10. The van der Waals surface area contributed by atoms with E-state index < -0.39 is 0 Å². The summed E-state index contributed by atoms with van der Waals surface area (Å²) >= 11 is 0. The molecule has 0 bridgehead atoms. The summed E-state index contributed by atoms with van der Waals surface area (Å²) in [6.45, 7) is 3.94. The summed E-state index contributed by atoms with van der Waals surface area (Å²) in [4.78, 5) is 0. The summed E-state index contributed by atoms with van der Waals surface area (Å²) in [5, 5.41) is 9.05. The number of rotatable bonds is 6. The van der Waals surface area contributed by atoms with Gasteiger partial charge in [0.1, 0.15) is 0 Å². The maximum atomic E-state index is 9.05. The monoisotopic (exact) mass is 159 g/mol. The molecule has 0 radical (unpaired) electrons. The highest BCUT2D eigenvalue weighted by Crippen LogP contribution is 2.06. The van der Waals surface area contributed by atoms with Crippen molar-refractivity contribution < 1.29 is 5.11 Å². The van der Waals surface area contributed by atoms with Gasteiger partial charge in [0.25, 0.3) is 0 Å². The highest BCUT2D eigenvalue weighted by atomic mass is 16.3. The minimum Gasteiger partial charge on any atom is -0.392 e. The molecule has 0 aromatic rings. The normalized spacial score (nSPS) is 16.4. The zero-order valence-corrected chi connectivity index (χ0v) is 7.71. The molecule has 3 N–H and O–H groups in total. The first kappa shape index (κ1) is 10.9. The van der Waals surface area contributed by atoms with Gasteiger partial charge < -0.3 is 10.8 Å². The first-order chi connectivity index (χ1) is 5.18. The maximum Gasteiger partial charge on any atom is 0.0662 e. The summed E-state index contributed by atoms with van der Waals surface area (Å²) in [6.07, 6.45) is 5.54. The minimum atomic E-state index is -0.350. The lowest BCUT2D eigenvalue weighted by Crippen LogP contribution is -2.31. The standard InChI is InChI=1S/C9H21NO/c1-3-4-5-6-7-9(10)8(2)11/h8-9,11H,3-7,10H2,1-2H3/t8-,9+/m0/s1. The second-order valence-electron chi connectivity index (χ2n) is 3.25. The second-order valence-corrected chi connectivity index (χ2v) is 3.25. The Labute approximate surface area is 69.8 Å². The van der Waals surface area contributed by atoms with Crippen molar-refractivity contribution in [2.24, 2.45) is 5.73 Å². The fraction of sp³-hybridized carbons (Fsp3) is 1.00. The molecule has 0 spiro atoms. The van der Waals surface area contributed by atoms with E-state index >= 15 is 0 Å². The van der Waals surface area contributed by atoms with Crippen molar-refractivity contribution in [2.75, 3.05) is 0 Å². The van der Waals surface area contributed by atoms with Crippen molar-refractivity contribution in [3.05, 3.63) is 0 Å². The Morgan fingerprint density at radius 3 is 2.36 bits per heavy atom. The Morgan fingerprint density at radius 2 is 1.91 bits per heavy atom. The Kier molecular flexibility index (Phi) is 6.57. The molecule has 0 aromatic heterocycles. The van der Waals surface area contributed by atoms with E-state index in [1.54, 1.807) is 6.92 Å². The molecule has 0 aliphatic carbocycles. The van der Waals surface area contributed by atoms with Crippen molar-refractivity contribution >= 4 is 0 Å². The zero-order chi connectivity index (χ0) is 8.69. The topological polar surface area (TPSA) is 46.2 Å². The van der Waals surface area contributed by atoms with E-state index in [4.69, 9.17) is 10.8 Å². The Morgan fingerprint density at radius 1 is 1.27 bits per heavy atom. The van der Waals surface area contributed by atoms with Gasteiger partial charge in [0.15, 0.2) is 0 Å². The lowest BCUT2D eigenvalue weighted by atomic mass is 10.0. The van der Waals surface area contributed by atoms with E-state index in [1.165, 1.54) is 19.3 Å². The van der Waals surface area contributed by atoms with Gasteiger partial charge in [-0.2, -0.15) is 0 Å². The molecule has 0 amide bonds. The Hall–Kier alpha value is -0.0800. The van der Waals surface area contributed by atoms with Crippen molar-refractivity contribution in [1.29, 1.82) is 0 Å². The SMILES string of the molecule is CCCCCC[C@@H](N)[C@H](C)O. The van der Waals surface area contributed by atoms with Crippen LogP contribution in [0.25, 0.3) is 0 Å². The fourth-order valence-electron chi connectivity index (χ4n) is 1.05. The van der Waals surface area contributed by atoms with Gasteiger partial charge in [-0.3, -0.25) is 0 Å². The number of nitrogens with two attached hydrogens (primary N) is 1. The predicted octanol–water partition coefficient (Wildman–Crippen LogP) is 1.66. The number of aliphatic hydroxyl groups excluding tert-OH is 1. The van der Waals surface area contributed by atoms with E-state index in [0.29, 0.717) is 0 Å². The zero-order valence-electron chi connectivity index (χ0n) is 7.71. The molecule has 68 valence electrons. The predicted molar refractivity (Wildman–Crippen MR) is 48.4 cm³/mol. The van der Waals surface area contributed by atoms with E-state index in [0.717, 1.165) is 12.8 Å². The molecule has 0 aliphatic rings. The lowest BCUT2D eigenvalue weighted by Gasteiger charge is -2.13. The van der Waals surface area contributed by atoms with Crippen molar-refractivity contribution in [3.63, 3.8) is 0 Å². The average Bonchev–Trinajstić information content (AvgIpc) is 1.97. The van der Waals surface area contributed by atoms with Crippen LogP contribution < -0.4 is 5.73 Å². The van der Waals surface area contributed by atoms with Gasteiger partial charge in [-0.15, -0.1) is 0 Å². The summed E-state index contributed by atoms with van der Waals surface area (Å²) in [5.74, 6) is 0. The average molecular weight is 159 g/mol. The maximum absolute atomic E-state index is 9.05. The summed E-state index contributed by atoms with van der Waals surface area (Å²) in [6, 6.07) is -0.0214. The van der Waals surface area contributed by atoms with E-state index in [-0.39, 0.29) is 12.1 Å². The molecule has 11 heavy (non-hydrogen) atoms. The third-order valence-electron chi connectivity index (χ3n) is 2.01. The number of unbranched alkanes of at least 4 members (excludes halogenated alkanes) is 3. The van der Waals surface area contributed by atoms with Crippen LogP contribution in [0.15, 0.2) is 0 Å². The molecule has 0 fully saturated rings. The number of hydrogen-bond acceptors (Lipinski definition) is 2. The fourth-order valence-corrected chi connectivity index (χ4v) is 1.05. The van der Waals surface area contributed by atoms with Crippen LogP contribution in [0.2, 0.25) is 0 Å². The molecular formula is C9H21NO. The molecule has 0 aliphatic heterocycles. The molecule has 0 saturated heterocycles. The van der Waals surface area contributed by atoms with Crippen LogP contribution >= 0.6 is 0 Å². The second kappa shape index (κ2) is 6.62. The largest absolute Gasteiger partial charge is 0.392 e. The van der Waals surface area contributed by atoms with Crippen molar-refractivity contribution in [2.45, 2.75) is 58.1 Å². The van der Waals surface area contributed by atoms with Gasteiger partial charge in [-0.05, 0) is 13.3 Å². The van der Waals surface area contributed by atoms with Crippen molar-refractivity contribution in [3.8, 4) is 0 Å². The first-order valence-corrected chi connectivity index (χ1v) is 4.62. The summed E-state index contributed by atoms with van der Waals surface area (Å²) in [5.41, 5.74) is 5.65. The molecule has 2 atom stereocenters. The van der Waals surface area contributed by atoms with E-state index in [2.05, 4.69) is 6.92 Å². The minimum absolute atomic E-state index is 0.0214. The van der Waals surface area contributed by atoms with Crippen LogP contribution in [0, 0.1) is 0 Å². The van der Waals surface area contributed by atoms with Crippen LogP contribution in [0.4, 0.5) is 0 Å². The smallest absolute Gasteiger partial charge is 0.0662 e. The van der Waals surface area contributed by atoms with Gasteiger partial charge in [-0.25, -0.2) is 0 Å². The molecule has 0 rings (SSSR count).